The van der Waals surface area contributed by atoms with Crippen molar-refractivity contribution in [3.63, 3.8) is 0 Å². The Labute approximate surface area is 112 Å². The highest BCUT2D eigenvalue weighted by molar-refractivity contribution is 7.15. The molecule has 1 unspecified atom stereocenters. The lowest BCUT2D eigenvalue weighted by molar-refractivity contribution is 0.273. The molecule has 2 aromatic rings. The first-order valence-electron chi connectivity index (χ1n) is 6.04. The van der Waals surface area contributed by atoms with Crippen LogP contribution in [0.1, 0.15) is 16.1 Å². The fraction of sp³-hybridized carbons (Fsp3) is 0.357. The van der Waals surface area contributed by atoms with Gasteiger partial charge in [0.25, 0.3) is 0 Å². The van der Waals surface area contributed by atoms with Gasteiger partial charge in [0.15, 0.2) is 5.13 Å². The van der Waals surface area contributed by atoms with Gasteiger partial charge in [-0.15, -0.1) is 11.3 Å². The van der Waals surface area contributed by atoms with Crippen molar-refractivity contribution < 1.29 is 5.11 Å². The molecule has 2 rings (SSSR count). The van der Waals surface area contributed by atoms with E-state index in [4.69, 9.17) is 0 Å². The van der Waals surface area contributed by atoms with E-state index in [1.807, 2.05) is 25.1 Å². The van der Waals surface area contributed by atoms with Gasteiger partial charge >= 0.3 is 0 Å². The minimum absolute atomic E-state index is 0.0114. The standard InChI is InChI=1S/C14H18N2OS/c1-10-11(2)18-14(15-10)16-13(9-17)8-12-6-4-3-5-7-12/h3-7,13,17H,8-9H2,1-2H3,(H,15,16). The van der Waals surface area contributed by atoms with Crippen molar-refractivity contribution in [3.05, 3.63) is 46.5 Å². The highest BCUT2D eigenvalue weighted by atomic mass is 32.1. The second kappa shape index (κ2) is 5.98. The Morgan fingerprint density at radius 1 is 1.28 bits per heavy atom. The highest BCUT2D eigenvalue weighted by Gasteiger charge is 2.11. The number of aryl methyl sites for hydroxylation is 2. The van der Waals surface area contributed by atoms with Crippen LogP contribution < -0.4 is 5.32 Å². The zero-order chi connectivity index (χ0) is 13.0. The van der Waals surface area contributed by atoms with Crippen LogP contribution in [-0.4, -0.2) is 22.7 Å². The Morgan fingerprint density at radius 2 is 2.00 bits per heavy atom. The largest absolute Gasteiger partial charge is 0.394 e. The van der Waals surface area contributed by atoms with Crippen LogP contribution in [0.4, 0.5) is 5.13 Å². The fourth-order valence-corrected chi connectivity index (χ4v) is 2.66. The molecule has 1 atom stereocenters. The summed E-state index contributed by atoms with van der Waals surface area (Å²) in [6.07, 6.45) is 0.801. The molecule has 0 aliphatic heterocycles. The molecule has 3 nitrogen and oxygen atoms in total. The van der Waals surface area contributed by atoms with Crippen molar-refractivity contribution in [2.75, 3.05) is 11.9 Å². The van der Waals surface area contributed by atoms with Gasteiger partial charge < -0.3 is 10.4 Å². The van der Waals surface area contributed by atoms with E-state index in [1.54, 1.807) is 11.3 Å². The lowest BCUT2D eigenvalue weighted by atomic mass is 10.1. The van der Waals surface area contributed by atoms with Crippen LogP contribution in [0.2, 0.25) is 0 Å². The molecule has 0 bridgehead atoms. The van der Waals surface area contributed by atoms with Crippen LogP contribution in [0, 0.1) is 13.8 Å². The molecule has 2 N–H and O–H groups in total. The first kappa shape index (κ1) is 13.1. The van der Waals surface area contributed by atoms with Gasteiger partial charge in [-0.2, -0.15) is 0 Å². The molecule has 0 fully saturated rings. The maximum atomic E-state index is 9.44. The van der Waals surface area contributed by atoms with Crippen molar-refractivity contribution in [2.45, 2.75) is 26.3 Å². The maximum Gasteiger partial charge on any atom is 0.183 e. The number of aliphatic hydroxyl groups excluding tert-OH is 1. The van der Waals surface area contributed by atoms with Crippen LogP contribution in [-0.2, 0) is 6.42 Å². The second-order valence-electron chi connectivity index (χ2n) is 4.37. The number of hydrogen-bond acceptors (Lipinski definition) is 4. The number of nitrogens with one attached hydrogen (secondary N) is 1. The Morgan fingerprint density at radius 3 is 2.56 bits per heavy atom. The van der Waals surface area contributed by atoms with Gasteiger partial charge in [-0.1, -0.05) is 30.3 Å². The zero-order valence-electron chi connectivity index (χ0n) is 10.7. The zero-order valence-corrected chi connectivity index (χ0v) is 11.5. The minimum atomic E-state index is 0.0114. The quantitative estimate of drug-likeness (QED) is 0.871. The Balaban J connectivity index is 2.01. The summed E-state index contributed by atoms with van der Waals surface area (Å²) in [6.45, 7) is 4.16. The number of nitrogens with zero attached hydrogens (tertiary/aromatic N) is 1. The molecule has 1 heterocycles. The fourth-order valence-electron chi connectivity index (χ4n) is 1.77. The first-order chi connectivity index (χ1) is 8.69. The van der Waals surface area contributed by atoms with Gasteiger partial charge in [0.05, 0.1) is 18.3 Å². The lowest BCUT2D eigenvalue weighted by Gasteiger charge is -2.15. The number of rotatable bonds is 5. The molecule has 0 saturated heterocycles. The molecule has 0 amide bonds. The van der Waals surface area contributed by atoms with Crippen LogP contribution in [0.3, 0.4) is 0 Å². The number of anilines is 1. The monoisotopic (exact) mass is 262 g/mol. The predicted molar refractivity (Wildman–Crippen MR) is 76.2 cm³/mol. The van der Waals surface area contributed by atoms with Crippen LogP contribution in [0.15, 0.2) is 30.3 Å². The molecule has 18 heavy (non-hydrogen) atoms. The number of hydrogen-bond donors (Lipinski definition) is 2. The summed E-state index contributed by atoms with van der Waals surface area (Å²) in [4.78, 5) is 5.65. The predicted octanol–water partition coefficient (Wildman–Crippen LogP) is 2.78. The molecule has 0 spiro atoms. The molecule has 1 aromatic heterocycles. The van der Waals surface area contributed by atoms with Gasteiger partial charge in [0.1, 0.15) is 0 Å². The van der Waals surface area contributed by atoms with Crippen LogP contribution in [0.5, 0.6) is 0 Å². The first-order valence-corrected chi connectivity index (χ1v) is 6.86. The third-order valence-corrected chi connectivity index (χ3v) is 3.91. The van der Waals surface area contributed by atoms with Crippen molar-refractivity contribution in [1.29, 1.82) is 0 Å². The summed E-state index contributed by atoms with van der Waals surface area (Å²) in [5.41, 5.74) is 2.27. The Kier molecular flexibility index (Phi) is 4.33. The van der Waals surface area contributed by atoms with Gasteiger partial charge in [-0.05, 0) is 25.8 Å². The van der Waals surface area contributed by atoms with Gasteiger partial charge in [0, 0.05) is 4.88 Å². The van der Waals surface area contributed by atoms with E-state index < -0.39 is 0 Å². The Bertz CT molecular complexity index is 476. The third-order valence-electron chi connectivity index (χ3n) is 2.90. The summed E-state index contributed by atoms with van der Waals surface area (Å²) in [7, 11) is 0. The number of benzene rings is 1. The van der Waals surface area contributed by atoms with Crippen molar-refractivity contribution in [2.24, 2.45) is 0 Å². The maximum absolute atomic E-state index is 9.44. The molecule has 0 saturated carbocycles. The van der Waals surface area contributed by atoms with E-state index in [0.29, 0.717) is 0 Å². The average molecular weight is 262 g/mol. The molecule has 96 valence electrons. The molecule has 0 aliphatic carbocycles. The van der Waals surface area contributed by atoms with E-state index >= 15 is 0 Å². The summed E-state index contributed by atoms with van der Waals surface area (Å²) in [6, 6.07) is 10.2. The van der Waals surface area contributed by atoms with Gasteiger partial charge in [-0.25, -0.2) is 4.98 Å². The number of aromatic nitrogens is 1. The van der Waals surface area contributed by atoms with Crippen molar-refractivity contribution in [1.82, 2.24) is 4.98 Å². The van der Waals surface area contributed by atoms with Gasteiger partial charge in [0.2, 0.25) is 0 Å². The second-order valence-corrected chi connectivity index (χ2v) is 5.58. The SMILES string of the molecule is Cc1nc(NC(CO)Cc2ccccc2)sc1C. The lowest BCUT2D eigenvalue weighted by Crippen LogP contribution is -2.26. The van der Waals surface area contributed by atoms with Crippen molar-refractivity contribution in [3.8, 4) is 0 Å². The van der Waals surface area contributed by atoms with E-state index in [1.165, 1.54) is 10.4 Å². The molecule has 0 aliphatic rings. The summed E-state index contributed by atoms with van der Waals surface area (Å²) in [5, 5.41) is 13.6. The molecular formula is C14H18N2OS. The van der Waals surface area contributed by atoms with E-state index in [9.17, 15) is 5.11 Å². The molecular weight excluding hydrogens is 244 g/mol. The summed E-state index contributed by atoms with van der Waals surface area (Å²) in [5.74, 6) is 0. The summed E-state index contributed by atoms with van der Waals surface area (Å²) < 4.78 is 0. The number of thiazole rings is 1. The third kappa shape index (κ3) is 3.31. The normalized spacial score (nSPS) is 12.4. The topological polar surface area (TPSA) is 45.2 Å². The molecule has 1 aromatic carbocycles. The molecule has 0 radical (unpaired) electrons. The Hall–Kier alpha value is -1.39. The highest BCUT2D eigenvalue weighted by Crippen LogP contribution is 2.22. The number of aliphatic hydroxyl groups is 1. The van der Waals surface area contributed by atoms with Crippen LogP contribution >= 0.6 is 11.3 Å². The minimum Gasteiger partial charge on any atom is -0.394 e. The van der Waals surface area contributed by atoms with E-state index in [2.05, 4.69) is 29.4 Å². The molecule has 4 heteroatoms. The summed E-state index contributed by atoms with van der Waals surface area (Å²) >= 11 is 1.64. The van der Waals surface area contributed by atoms with E-state index in [0.717, 1.165) is 17.2 Å². The van der Waals surface area contributed by atoms with Gasteiger partial charge in [-0.3, -0.25) is 0 Å². The smallest absolute Gasteiger partial charge is 0.183 e. The van der Waals surface area contributed by atoms with Crippen molar-refractivity contribution >= 4 is 16.5 Å². The van der Waals surface area contributed by atoms with E-state index in [-0.39, 0.29) is 12.6 Å². The van der Waals surface area contributed by atoms with Crippen LogP contribution in [0.25, 0.3) is 0 Å². The average Bonchev–Trinajstić information content (AvgIpc) is 2.69.